The molecule has 0 saturated carbocycles. The summed E-state index contributed by atoms with van der Waals surface area (Å²) >= 11 is 7.09. The Morgan fingerprint density at radius 3 is 2.63 bits per heavy atom. The van der Waals surface area contributed by atoms with Gasteiger partial charge in [-0.3, -0.25) is 14.4 Å². The molecule has 2 aromatic heterocycles. The first-order valence-corrected chi connectivity index (χ1v) is 15.4. The maximum absolute atomic E-state index is 13.1. The number of methoxy groups -OCH3 is 1. The van der Waals surface area contributed by atoms with E-state index in [0.717, 1.165) is 57.3 Å². The van der Waals surface area contributed by atoms with Crippen molar-refractivity contribution in [2.45, 2.75) is 44.7 Å². The van der Waals surface area contributed by atoms with Gasteiger partial charge in [-0.2, -0.15) is 10.4 Å². The quantitative estimate of drug-likeness (QED) is 0.256. The number of nitrogens with one attached hydrogen (secondary N) is 3. The molecular formula is C34H32ClN7O4. The van der Waals surface area contributed by atoms with E-state index in [0.29, 0.717) is 35.2 Å². The van der Waals surface area contributed by atoms with Crippen LogP contribution in [0, 0.1) is 18.3 Å². The Hall–Kier alpha value is -5.05. The summed E-state index contributed by atoms with van der Waals surface area (Å²) in [5.41, 5.74) is 5.55. The van der Waals surface area contributed by atoms with Gasteiger partial charge in [0.1, 0.15) is 11.6 Å². The lowest BCUT2D eigenvalue weighted by molar-refractivity contribution is -0.119. The molecule has 11 nitrogen and oxygen atoms in total. The number of amides is 2. The summed E-state index contributed by atoms with van der Waals surface area (Å²) in [4.78, 5) is 42.2. The molecule has 1 fully saturated rings. The summed E-state index contributed by atoms with van der Waals surface area (Å²) in [6, 6.07) is 16.5. The average Bonchev–Trinajstić information content (AvgIpc) is 3.67. The van der Waals surface area contributed by atoms with Crippen LogP contribution in [0.4, 0.5) is 5.69 Å². The molecule has 0 bridgehead atoms. The summed E-state index contributed by atoms with van der Waals surface area (Å²) in [6.07, 6.45) is 3.14. The van der Waals surface area contributed by atoms with Crippen LogP contribution < -0.4 is 26.2 Å². The Balaban J connectivity index is 1.29. The van der Waals surface area contributed by atoms with Gasteiger partial charge in [-0.15, -0.1) is 0 Å². The number of hydrogen-bond acceptors (Lipinski definition) is 8. The second kappa shape index (κ2) is 12.7. The minimum atomic E-state index is -0.644. The van der Waals surface area contributed by atoms with Gasteiger partial charge in [-0.25, -0.2) is 9.67 Å². The van der Waals surface area contributed by atoms with Crippen molar-refractivity contribution in [3.05, 3.63) is 91.9 Å². The molecule has 6 rings (SSSR count). The van der Waals surface area contributed by atoms with Crippen LogP contribution in [0.1, 0.15) is 58.0 Å². The summed E-state index contributed by atoms with van der Waals surface area (Å²) < 4.78 is 6.75. The fourth-order valence-electron chi connectivity index (χ4n) is 6.23. The zero-order valence-electron chi connectivity index (χ0n) is 25.6. The van der Waals surface area contributed by atoms with Crippen molar-refractivity contribution in [3.63, 3.8) is 0 Å². The molecule has 234 valence electrons. The topological polar surface area (TPSA) is 151 Å². The van der Waals surface area contributed by atoms with Crippen LogP contribution in [0.3, 0.4) is 0 Å². The van der Waals surface area contributed by atoms with Crippen LogP contribution in [0.2, 0.25) is 5.02 Å². The summed E-state index contributed by atoms with van der Waals surface area (Å²) in [5.74, 6) is -0.00241. The SMILES string of the molecule is COc1nc(-c2cccc(-c3cccc(NC(=O)c4cc(C#N)nn(C)c4=O)c3C)c2Cl)cc2c1C(NCC1CCC(=O)N1)CC2. The second-order valence-corrected chi connectivity index (χ2v) is 11.9. The molecule has 3 heterocycles. The number of benzene rings is 2. The maximum Gasteiger partial charge on any atom is 0.279 e. The third-order valence-electron chi connectivity index (χ3n) is 8.62. The standard InChI is InChI=1S/C34H32ClN7O4/c1-18-22(6-5-9-26(18)39-32(44)25-15-21(16-36)41-42(2)34(25)45)23-7-4-8-24(31(23)35)28-14-19-10-12-27(30(19)33(40-28)46-3)37-17-20-11-13-29(43)38-20/h4-9,14-15,20,27,37H,10-13,17H2,1-3H3,(H,38,43)(H,39,44). The Morgan fingerprint density at radius 1 is 1.13 bits per heavy atom. The van der Waals surface area contributed by atoms with Gasteiger partial charge in [0.25, 0.3) is 11.5 Å². The van der Waals surface area contributed by atoms with Gasteiger partial charge in [0.15, 0.2) is 5.69 Å². The third-order valence-corrected chi connectivity index (χ3v) is 9.03. The number of carbonyl (C=O) groups is 2. The predicted molar refractivity (Wildman–Crippen MR) is 174 cm³/mol. The smallest absolute Gasteiger partial charge is 0.279 e. The number of pyridine rings is 1. The number of carbonyl (C=O) groups excluding carboxylic acids is 2. The molecule has 46 heavy (non-hydrogen) atoms. The Bertz CT molecular complexity index is 1980. The summed E-state index contributed by atoms with van der Waals surface area (Å²) in [7, 11) is 3.00. The molecule has 0 spiro atoms. The van der Waals surface area contributed by atoms with Crippen molar-refractivity contribution >= 4 is 29.1 Å². The van der Waals surface area contributed by atoms with Crippen molar-refractivity contribution in [2.24, 2.45) is 7.05 Å². The largest absolute Gasteiger partial charge is 0.481 e. The number of aryl methyl sites for hydroxylation is 2. The summed E-state index contributed by atoms with van der Waals surface area (Å²) in [6.45, 7) is 2.55. The highest BCUT2D eigenvalue weighted by molar-refractivity contribution is 6.36. The lowest BCUT2D eigenvalue weighted by Gasteiger charge is -2.20. The van der Waals surface area contributed by atoms with Crippen LogP contribution in [-0.2, 0) is 18.3 Å². The van der Waals surface area contributed by atoms with Crippen LogP contribution >= 0.6 is 11.6 Å². The monoisotopic (exact) mass is 637 g/mol. The number of aromatic nitrogens is 3. The van der Waals surface area contributed by atoms with Gasteiger partial charge in [-0.05, 0) is 61.1 Å². The molecule has 1 saturated heterocycles. The van der Waals surface area contributed by atoms with Gasteiger partial charge < -0.3 is 20.7 Å². The zero-order valence-corrected chi connectivity index (χ0v) is 26.4. The number of anilines is 1. The molecule has 1 aliphatic heterocycles. The molecule has 2 aromatic carbocycles. The van der Waals surface area contributed by atoms with E-state index in [9.17, 15) is 19.6 Å². The first-order valence-electron chi connectivity index (χ1n) is 15.0. The van der Waals surface area contributed by atoms with Crippen LogP contribution in [-0.4, -0.2) is 46.3 Å². The minimum Gasteiger partial charge on any atom is -0.481 e. The average molecular weight is 638 g/mol. The van der Waals surface area contributed by atoms with E-state index in [1.807, 2.05) is 37.3 Å². The fourth-order valence-corrected chi connectivity index (χ4v) is 6.56. The molecule has 2 aliphatic rings. The highest BCUT2D eigenvalue weighted by atomic mass is 35.5. The Kier molecular flexibility index (Phi) is 8.58. The fraction of sp³-hybridized carbons (Fsp3) is 0.294. The second-order valence-electron chi connectivity index (χ2n) is 11.5. The zero-order chi connectivity index (χ0) is 32.5. The lowest BCUT2D eigenvalue weighted by Crippen LogP contribution is -2.36. The molecule has 0 radical (unpaired) electrons. The van der Waals surface area contributed by atoms with Gasteiger partial charge in [0, 0.05) is 54.5 Å². The minimum absolute atomic E-state index is 0.0380. The van der Waals surface area contributed by atoms with Crippen LogP contribution in [0.25, 0.3) is 22.4 Å². The maximum atomic E-state index is 13.1. The number of fused-ring (bicyclic) bond motifs is 1. The lowest BCUT2D eigenvalue weighted by atomic mass is 9.96. The molecule has 2 atom stereocenters. The number of nitriles is 1. The molecule has 2 unspecified atom stereocenters. The number of hydrogen-bond donors (Lipinski definition) is 3. The van der Waals surface area contributed by atoms with E-state index in [1.165, 1.54) is 13.1 Å². The van der Waals surface area contributed by atoms with E-state index in [-0.39, 0.29) is 29.2 Å². The van der Waals surface area contributed by atoms with Gasteiger partial charge >= 0.3 is 0 Å². The van der Waals surface area contributed by atoms with Crippen molar-refractivity contribution < 1.29 is 14.3 Å². The normalized spacial score (nSPS) is 16.9. The predicted octanol–water partition coefficient (Wildman–Crippen LogP) is 4.46. The van der Waals surface area contributed by atoms with Crippen LogP contribution in [0.15, 0.2) is 53.3 Å². The van der Waals surface area contributed by atoms with E-state index >= 15 is 0 Å². The third kappa shape index (κ3) is 5.85. The molecule has 1 aliphatic carbocycles. The van der Waals surface area contributed by atoms with Crippen molar-refractivity contribution in [1.82, 2.24) is 25.4 Å². The van der Waals surface area contributed by atoms with E-state index in [1.54, 1.807) is 19.2 Å². The van der Waals surface area contributed by atoms with Crippen molar-refractivity contribution in [3.8, 4) is 34.3 Å². The van der Waals surface area contributed by atoms with Gasteiger partial charge in [0.05, 0.1) is 17.8 Å². The number of ether oxygens (including phenoxy) is 1. The number of nitrogens with zero attached hydrogens (tertiary/aromatic N) is 4. The van der Waals surface area contributed by atoms with E-state index in [2.05, 4.69) is 27.1 Å². The van der Waals surface area contributed by atoms with Crippen LogP contribution in [0.5, 0.6) is 5.88 Å². The first-order chi connectivity index (χ1) is 22.2. The molecule has 3 N–H and O–H groups in total. The molecule has 2 amide bonds. The van der Waals surface area contributed by atoms with Gasteiger partial charge in [-0.1, -0.05) is 41.9 Å². The Labute approximate surface area is 270 Å². The first kappa shape index (κ1) is 31.0. The summed E-state index contributed by atoms with van der Waals surface area (Å²) in [5, 5.41) is 23.0. The number of rotatable bonds is 8. The molecule has 12 heteroatoms. The van der Waals surface area contributed by atoms with Crippen molar-refractivity contribution in [2.75, 3.05) is 19.0 Å². The number of halogens is 1. The van der Waals surface area contributed by atoms with Gasteiger partial charge in [0.2, 0.25) is 11.8 Å². The van der Waals surface area contributed by atoms with E-state index in [4.69, 9.17) is 21.3 Å². The Morgan fingerprint density at radius 2 is 1.89 bits per heavy atom. The molecule has 4 aromatic rings. The highest BCUT2D eigenvalue weighted by Crippen LogP contribution is 2.43. The van der Waals surface area contributed by atoms with Crippen molar-refractivity contribution in [1.29, 1.82) is 5.26 Å². The highest BCUT2D eigenvalue weighted by Gasteiger charge is 2.30. The molecular weight excluding hydrogens is 606 g/mol. The van der Waals surface area contributed by atoms with E-state index < -0.39 is 11.5 Å².